The Bertz CT molecular complexity index is 385. The van der Waals surface area contributed by atoms with Crippen molar-refractivity contribution in [3.8, 4) is 0 Å². The van der Waals surface area contributed by atoms with Crippen LogP contribution in [-0.4, -0.2) is 14.9 Å². The van der Waals surface area contributed by atoms with Crippen molar-refractivity contribution in [2.24, 2.45) is 13.0 Å². The predicted octanol–water partition coefficient (Wildman–Crippen LogP) is 2.94. The van der Waals surface area contributed by atoms with E-state index in [0.29, 0.717) is 0 Å². The standard InChI is InChI=1S/C14H24N2O/c1-14(2,3)13-11(9-16(4)15-13)12(17)8-7-10-5-6-10/h9-10,12,17H,5-8H2,1-4H3. The van der Waals surface area contributed by atoms with E-state index >= 15 is 0 Å². The third-order valence-corrected chi connectivity index (χ3v) is 3.47. The van der Waals surface area contributed by atoms with E-state index in [1.807, 2.05) is 17.9 Å². The molecule has 1 N–H and O–H groups in total. The van der Waals surface area contributed by atoms with Gasteiger partial charge in [-0.3, -0.25) is 4.68 Å². The zero-order valence-corrected chi connectivity index (χ0v) is 11.4. The van der Waals surface area contributed by atoms with Crippen LogP contribution in [0.1, 0.15) is 63.8 Å². The van der Waals surface area contributed by atoms with Gasteiger partial charge >= 0.3 is 0 Å². The Morgan fingerprint density at radius 2 is 2.12 bits per heavy atom. The summed E-state index contributed by atoms with van der Waals surface area (Å²) >= 11 is 0. The first-order valence-corrected chi connectivity index (χ1v) is 6.60. The molecule has 0 aliphatic heterocycles. The van der Waals surface area contributed by atoms with Crippen molar-refractivity contribution in [3.63, 3.8) is 0 Å². The molecule has 1 aliphatic rings. The van der Waals surface area contributed by atoms with Gasteiger partial charge in [-0.15, -0.1) is 0 Å². The van der Waals surface area contributed by atoms with Crippen molar-refractivity contribution in [1.29, 1.82) is 0 Å². The third kappa shape index (κ3) is 3.09. The van der Waals surface area contributed by atoms with Crippen LogP contribution in [0.5, 0.6) is 0 Å². The normalized spacial score (nSPS) is 18.4. The fourth-order valence-electron chi connectivity index (χ4n) is 2.29. The second-order valence-corrected chi connectivity index (χ2v) is 6.39. The van der Waals surface area contributed by atoms with E-state index in [0.717, 1.165) is 30.0 Å². The quantitative estimate of drug-likeness (QED) is 0.873. The first kappa shape index (κ1) is 12.6. The van der Waals surface area contributed by atoms with Gasteiger partial charge in [-0.1, -0.05) is 33.6 Å². The van der Waals surface area contributed by atoms with Crippen molar-refractivity contribution in [1.82, 2.24) is 9.78 Å². The SMILES string of the molecule is Cn1cc(C(O)CCC2CC2)c(C(C)(C)C)n1. The maximum Gasteiger partial charge on any atom is 0.0823 e. The number of nitrogens with zero attached hydrogens (tertiary/aromatic N) is 2. The summed E-state index contributed by atoms with van der Waals surface area (Å²) in [6.07, 6.45) is 6.35. The number of aromatic nitrogens is 2. The number of hydrogen-bond acceptors (Lipinski definition) is 2. The molecular formula is C14H24N2O. The van der Waals surface area contributed by atoms with Crippen molar-refractivity contribution in [2.75, 3.05) is 0 Å². The minimum absolute atomic E-state index is 0.00282. The molecule has 2 rings (SSSR count). The highest BCUT2D eigenvalue weighted by Gasteiger charge is 2.27. The van der Waals surface area contributed by atoms with E-state index in [9.17, 15) is 5.11 Å². The highest BCUT2D eigenvalue weighted by molar-refractivity contribution is 5.26. The highest BCUT2D eigenvalue weighted by atomic mass is 16.3. The lowest BCUT2D eigenvalue weighted by molar-refractivity contribution is 0.160. The van der Waals surface area contributed by atoms with E-state index in [4.69, 9.17) is 0 Å². The summed E-state index contributed by atoms with van der Waals surface area (Å²) in [7, 11) is 1.92. The van der Waals surface area contributed by atoms with E-state index in [1.165, 1.54) is 12.8 Å². The second kappa shape index (κ2) is 4.45. The molecule has 1 aromatic heterocycles. The molecule has 0 radical (unpaired) electrons. The molecule has 17 heavy (non-hydrogen) atoms. The fourth-order valence-corrected chi connectivity index (χ4v) is 2.29. The van der Waals surface area contributed by atoms with Crippen LogP contribution in [0.25, 0.3) is 0 Å². The Morgan fingerprint density at radius 3 is 2.65 bits per heavy atom. The summed E-state index contributed by atoms with van der Waals surface area (Å²) in [5.74, 6) is 0.874. The maximum atomic E-state index is 10.3. The van der Waals surface area contributed by atoms with Crippen LogP contribution in [0.4, 0.5) is 0 Å². The van der Waals surface area contributed by atoms with Crippen LogP contribution in [-0.2, 0) is 12.5 Å². The first-order chi connectivity index (χ1) is 7.88. The average molecular weight is 236 g/mol. The van der Waals surface area contributed by atoms with E-state index in [1.54, 1.807) is 0 Å². The third-order valence-electron chi connectivity index (χ3n) is 3.47. The first-order valence-electron chi connectivity index (χ1n) is 6.60. The van der Waals surface area contributed by atoms with Gasteiger partial charge in [-0.25, -0.2) is 0 Å². The van der Waals surface area contributed by atoms with Gasteiger partial charge in [0.2, 0.25) is 0 Å². The average Bonchev–Trinajstić information content (AvgIpc) is 2.95. The zero-order valence-electron chi connectivity index (χ0n) is 11.4. The van der Waals surface area contributed by atoms with Crippen molar-refractivity contribution in [2.45, 2.75) is 58.0 Å². The summed E-state index contributed by atoms with van der Waals surface area (Å²) < 4.78 is 1.82. The summed E-state index contributed by atoms with van der Waals surface area (Å²) in [6, 6.07) is 0. The molecule has 1 atom stereocenters. The smallest absolute Gasteiger partial charge is 0.0823 e. The van der Waals surface area contributed by atoms with Crippen LogP contribution in [0.15, 0.2) is 6.20 Å². The molecule has 0 amide bonds. The summed E-state index contributed by atoms with van der Waals surface area (Å²) in [5.41, 5.74) is 2.04. The molecule has 1 heterocycles. The van der Waals surface area contributed by atoms with Gasteiger partial charge in [-0.05, 0) is 18.8 Å². The molecular weight excluding hydrogens is 212 g/mol. The monoisotopic (exact) mass is 236 g/mol. The van der Waals surface area contributed by atoms with Crippen molar-refractivity contribution < 1.29 is 5.11 Å². The van der Waals surface area contributed by atoms with Crippen LogP contribution in [0.2, 0.25) is 0 Å². The largest absolute Gasteiger partial charge is 0.388 e. The molecule has 1 aromatic rings. The van der Waals surface area contributed by atoms with Crippen LogP contribution in [0, 0.1) is 5.92 Å². The lowest BCUT2D eigenvalue weighted by Gasteiger charge is -2.19. The van der Waals surface area contributed by atoms with Crippen LogP contribution >= 0.6 is 0 Å². The molecule has 0 aromatic carbocycles. The molecule has 96 valence electrons. The van der Waals surface area contributed by atoms with Gasteiger partial charge in [0.05, 0.1) is 11.8 Å². The summed E-state index contributed by atoms with van der Waals surface area (Å²) in [6.45, 7) is 6.44. The second-order valence-electron chi connectivity index (χ2n) is 6.39. The Morgan fingerprint density at radius 1 is 1.47 bits per heavy atom. The Labute approximate surface area is 104 Å². The summed E-state index contributed by atoms with van der Waals surface area (Å²) in [4.78, 5) is 0. The zero-order chi connectivity index (χ0) is 12.6. The molecule has 0 bridgehead atoms. The van der Waals surface area contributed by atoms with Crippen LogP contribution < -0.4 is 0 Å². The lowest BCUT2D eigenvalue weighted by atomic mass is 9.87. The number of aliphatic hydroxyl groups is 1. The molecule has 0 saturated heterocycles. The minimum atomic E-state index is -0.349. The highest BCUT2D eigenvalue weighted by Crippen LogP contribution is 2.37. The van der Waals surface area contributed by atoms with Gasteiger partial charge < -0.3 is 5.11 Å². The summed E-state index contributed by atoms with van der Waals surface area (Å²) in [5, 5.41) is 14.8. The maximum absolute atomic E-state index is 10.3. The van der Waals surface area contributed by atoms with Crippen molar-refractivity contribution >= 4 is 0 Å². The van der Waals surface area contributed by atoms with Gasteiger partial charge in [-0.2, -0.15) is 5.10 Å². The minimum Gasteiger partial charge on any atom is -0.388 e. The van der Waals surface area contributed by atoms with E-state index in [2.05, 4.69) is 25.9 Å². The van der Waals surface area contributed by atoms with E-state index in [-0.39, 0.29) is 11.5 Å². The molecule has 1 saturated carbocycles. The Hall–Kier alpha value is -0.830. The molecule has 0 spiro atoms. The van der Waals surface area contributed by atoms with E-state index < -0.39 is 0 Å². The molecule has 3 nitrogen and oxygen atoms in total. The number of aryl methyl sites for hydroxylation is 1. The number of rotatable bonds is 4. The van der Waals surface area contributed by atoms with Crippen molar-refractivity contribution in [3.05, 3.63) is 17.5 Å². The van der Waals surface area contributed by atoms with Gasteiger partial charge in [0.1, 0.15) is 0 Å². The lowest BCUT2D eigenvalue weighted by Crippen LogP contribution is -2.16. The van der Waals surface area contributed by atoms with Gasteiger partial charge in [0.15, 0.2) is 0 Å². The molecule has 1 unspecified atom stereocenters. The molecule has 1 aliphatic carbocycles. The Kier molecular flexibility index (Phi) is 3.30. The fraction of sp³-hybridized carbons (Fsp3) is 0.786. The Balaban J connectivity index is 2.12. The predicted molar refractivity (Wildman–Crippen MR) is 68.8 cm³/mol. The molecule has 1 fully saturated rings. The number of hydrogen-bond donors (Lipinski definition) is 1. The number of aliphatic hydroxyl groups excluding tert-OH is 1. The van der Waals surface area contributed by atoms with Gasteiger partial charge in [0.25, 0.3) is 0 Å². The topological polar surface area (TPSA) is 38.0 Å². The molecule has 3 heteroatoms. The van der Waals surface area contributed by atoms with Gasteiger partial charge in [0, 0.05) is 24.2 Å². The van der Waals surface area contributed by atoms with Crippen LogP contribution in [0.3, 0.4) is 0 Å².